The van der Waals surface area contributed by atoms with Crippen molar-refractivity contribution in [3.05, 3.63) is 15.6 Å². The Morgan fingerprint density at radius 1 is 1.47 bits per heavy atom. The minimum Gasteiger partial charge on any atom is -0.477 e. The number of carbonyl (C=O) groups is 1. The lowest BCUT2D eigenvalue weighted by molar-refractivity contribution is -0.0393. The Labute approximate surface area is 116 Å². The van der Waals surface area contributed by atoms with Crippen LogP contribution in [0.4, 0.5) is 0 Å². The topological polar surface area (TPSA) is 68.7 Å². The van der Waals surface area contributed by atoms with Gasteiger partial charge >= 0.3 is 5.97 Å². The van der Waals surface area contributed by atoms with Gasteiger partial charge in [0.25, 0.3) is 0 Å². The molecule has 2 rings (SSSR count). The van der Waals surface area contributed by atoms with E-state index in [9.17, 15) is 9.90 Å². The van der Waals surface area contributed by atoms with Crippen LogP contribution in [0.2, 0.25) is 0 Å². The Morgan fingerprint density at radius 2 is 2.16 bits per heavy atom. The van der Waals surface area contributed by atoms with Crippen molar-refractivity contribution in [1.29, 1.82) is 0 Å². The molecule has 19 heavy (non-hydrogen) atoms. The van der Waals surface area contributed by atoms with E-state index in [1.165, 1.54) is 11.3 Å². The lowest BCUT2D eigenvalue weighted by Gasteiger charge is -2.26. The Kier molecular flexibility index (Phi) is 4.54. The Hall–Kier alpha value is -0.980. The monoisotopic (exact) mass is 285 g/mol. The maximum absolute atomic E-state index is 11.3. The first-order chi connectivity index (χ1) is 9.13. The number of aromatic carboxylic acids is 1. The van der Waals surface area contributed by atoms with Crippen LogP contribution in [0.1, 0.15) is 53.0 Å². The van der Waals surface area contributed by atoms with Crippen molar-refractivity contribution in [2.75, 3.05) is 13.7 Å². The number of thiazole rings is 1. The molecular weight excluding hydrogens is 266 g/mol. The molecule has 0 radical (unpaired) electrons. The predicted molar refractivity (Wildman–Crippen MR) is 71.6 cm³/mol. The van der Waals surface area contributed by atoms with Crippen molar-refractivity contribution in [2.24, 2.45) is 0 Å². The number of carboxylic acids is 1. The molecule has 0 aliphatic heterocycles. The van der Waals surface area contributed by atoms with Crippen molar-refractivity contribution in [1.82, 2.24) is 4.98 Å². The van der Waals surface area contributed by atoms with Crippen LogP contribution < -0.4 is 0 Å². The molecule has 1 heterocycles. The summed E-state index contributed by atoms with van der Waals surface area (Å²) in [7, 11) is 1.54. The van der Waals surface area contributed by atoms with Gasteiger partial charge in [-0.2, -0.15) is 0 Å². The summed E-state index contributed by atoms with van der Waals surface area (Å²) in [6.07, 6.45) is 4.03. The third kappa shape index (κ3) is 2.80. The summed E-state index contributed by atoms with van der Waals surface area (Å²) in [5, 5.41) is 10.0. The van der Waals surface area contributed by atoms with Crippen LogP contribution >= 0.6 is 11.3 Å². The molecule has 106 valence electrons. The fourth-order valence-corrected chi connectivity index (χ4v) is 3.70. The number of rotatable bonds is 6. The quantitative estimate of drug-likeness (QED) is 0.870. The lowest BCUT2D eigenvalue weighted by Crippen LogP contribution is -2.26. The number of hydrogen-bond donors (Lipinski definition) is 1. The highest BCUT2D eigenvalue weighted by Crippen LogP contribution is 2.44. The smallest absolute Gasteiger partial charge is 0.347 e. The second kappa shape index (κ2) is 5.98. The van der Waals surface area contributed by atoms with Crippen molar-refractivity contribution in [2.45, 2.75) is 44.8 Å². The van der Waals surface area contributed by atoms with Crippen LogP contribution in [0.3, 0.4) is 0 Å². The number of ether oxygens (including phenoxy) is 2. The summed E-state index contributed by atoms with van der Waals surface area (Å²) in [4.78, 5) is 16.0. The molecule has 6 heteroatoms. The van der Waals surface area contributed by atoms with Gasteiger partial charge in [-0.25, -0.2) is 9.78 Å². The molecule has 1 aliphatic rings. The maximum Gasteiger partial charge on any atom is 0.347 e. The van der Waals surface area contributed by atoms with Crippen molar-refractivity contribution >= 4 is 17.3 Å². The highest BCUT2D eigenvalue weighted by Gasteiger charge is 2.40. The third-order valence-corrected chi connectivity index (χ3v) is 4.67. The number of hydrogen-bond acceptors (Lipinski definition) is 5. The summed E-state index contributed by atoms with van der Waals surface area (Å²) in [5.41, 5.74) is 0.122. The van der Waals surface area contributed by atoms with E-state index in [0.717, 1.165) is 30.7 Å². The van der Waals surface area contributed by atoms with Crippen LogP contribution in [-0.2, 0) is 21.7 Å². The molecule has 0 spiro atoms. The summed E-state index contributed by atoms with van der Waals surface area (Å²) in [6.45, 7) is 2.80. The first kappa shape index (κ1) is 14.4. The SMILES string of the molecule is CCOC1(c2nc(COC)c(C(=O)O)s2)CCCC1. The Balaban J connectivity index is 2.37. The van der Waals surface area contributed by atoms with E-state index in [1.807, 2.05) is 6.92 Å². The van der Waals surface area contributed by atoms with Crippen LogP contribution in [0.25, 0.3) is 0 Å². The highest BCUT2D eigenvalue weighted by molar-refractivity contribution is 7.13. The molecule has 0 amide bonds. The summed E-state index contributed by atoms with van der Waals surface area (Å²) < 4.78 is 10.9. The largest absolute Gasteiger partial charge is 0.477 e. The van der Waals surface area contributed by atoms with Gasteiger partial charge in [-0.15, -0.1) is 11.3 Å². The maximum atomic E-state index is 11.3. The second-order valence-electron chi connectivity index (χ2n) is 4.67. The number of aromatic nitrogens is 1. The van der Waals surface area contributed by atoms with Gasteiger partial charge in [-0.05, 0) is 19.8 Å². The summed E-state index contributed by atoms with van der Waals surface area (Å²) in [5.74, 6) is -0.944. The zero-order valence-electron chi connectivity index (χ0n) is 11.3. The molecule has 0 atom stereocenters. The van der Waals surface area contributed by atoms with E-state index in [0.29, 0.717) is 12.3 Å². The Morgan fingerprint density at radius 3 is 2.68 bits per heavy atom. The summed E-state index contributed by atoms with van der Waals surface area (Å²) in [6, 6.07) is 0. The average Bonchev–Trinajstić information content (AvgIpc) is 2.97. The van der Waals surface area contributed by atoms with Gasteiger partial charge in [-0.1, -0.05) is 12.8 Å². The van der Waals surface area contributed by atoms with E-state index >= 15 is 0 Å². The van der Waals surface area contributed by atoms with E-state index in [4.69, 9.17) is 9.47 Å². The molecule has 5 nitrogen and oxygen atoms in total. The van der Waals surface area contributed by atoms with Crippen LogP contribution in [0.5, 0.6) is 0 Å². The number of carboxylic acid groups (broad SMARTS) is 1. The molecule has 0 unspecified atom stereocenters. The fourth-order valence-electron chi connectivity index (χ4n) is 2.59. The molecular formula is C13H19NO4S. The fraction of sp³-hybridized carbons (Fsp3) is 0.692. The van der Waals surface area contributed by atoms with Crippen molar-refractivity contribution in [3.63, 3.8) is 0 Å². The van der Waals surface area contributed by atoms with E-state index in [-0.39, 0.29) is 17.1 Å². The standard InChI is InChI=1S/C13H19NO4S/c1-3-18-13(6-4-5-7-13)12-14-9(8-17-2)10(19-12)11(15)16/h3-8H2,1-2H3,(H,15,16). The molecule has 0 saturated heterocycles. The number of methoxy groups -OCH3 is 1. The average molecular weight is 285 g/mol. The normalized spacial score (nSPS) is 17.8. The zero-order valence-corrected chi connectivity index (χ0v) is 12.1. The van der Waals surface area contributed by atoms with Crippen molar-refractivity contribution in [3.8, 4) is 0 Å². The molecule has 1 N–H and O–H groups in total. The lowest BCUT2D eigenvalue weighted by atomic mass is 10.0. The molecule has 1 fully saturated rings. The summed E-state index contributed by atoms with van der Waals surface area (Å²) >= 11 is 1.23. The molecule has 1 aliphatic carbocycles. The van der Waals surface area contributed by atoms with Crippen LogP contribution in [0, 0.1) is 0 Å². The van der Waals surface area contributed by atoms with E-state index < -0.39 is 5.97 Å². The van der Waals surface area contributed by atoms with Gasteiger partial charge in [0.15, 0.2) is 0 Å². The molecule has 1 aromatic heterocycles. The van der Waals surface area contributed by atoms with Gasteiger partial charge in [0.05, 0.1) is 12.3 Å². The Bertz CT molecular complexity index is 451. The first-order valence-electron chi connectivity index (χ1n) is 6.49. The van der Waals surface area contributed by atoms with Gasteiger partial charge in [0, 0.05) is 13.7 Å². The number of nitrogens with zero attached hydrogens (tertiary/aromatic N) is 1. The molecule has 0 aromatic carbocycles. The second-order valence-corrected chi connectivity index (χ2v) is 5.67. The zero-order chi connectivity index (χ0) is 13.9. The third-order valence-electron chi connectivity index (χ3n) is 3.39. The van der Waals surface area contributed by atoms with Gasteiger partial charge in [0.1, 0.15) is 15.5 Å². The van der Waals surface area contributed by atoms with Crippen LogP contribution in [0.15, 0.2) is 0 Å². The van der Waals surface area contributed by atoms with Crippen molar-refractivity contribution < 1.29 is 19.4 Å². The molecule has 1 aromatic rings. The molecule has 1 saturated carbocycles. The first-order valence-corrected chi connectivity index (χ1v) is 7.31. The molecule has 0 bridgehead atoms. The predicted octanol–water partition coefficient (Wildman–Crippen LogP) is 2.79. The van der Waals surface area contributed by atoms with Gasteiger partial charge in [-0.3, -0.25) is 0 Å². The van der Waals surface area contributed by atoms with Gasteiger partial charge in [0.2, 0.25) is 0 Å². The van der Waals surface area contributed by atoms with E-state index in [1.54, 1.807) is 7.11 Å². The van der Waals surface area contributed by atoms with Gasteiger partial charge < -0.3 is 14.6 Å². The van der Waals surface area contributed by atoms with E-state index in [2.05, 4.69) is 4.98 Å². The minimum absolute atomic E-state index is 0.223. The minimum atomic E-state index is -0.944. The highest BCUT2D eigenvalue weighted by atomic mass is 32.1. The van der Waals surface area contributed by atoms with Crippen LogP contribution in [-0.4, -0.2) is 29.8 Å².